The number of hydrogen-bond donors (Lipinski definition) is 3. The van der Waals surface area contributed by atoms with E-state index in [4.69, 9.17) is 0 Å². The summed E-state index contributed by atoms with van der Waals surface area (Å²) in [5.41, 5.74) is -0.00687. The highest BCUT2D eigenvalue weighted by molar-refractivity contribution is 4.79. The average Bonchev–Trinajstić information content (AvgIpc) is 2.88. The zero-order valence-electron chi connectivity index (χ0n) is 12.1. The Labute approximate surface area is 112 Å². The third kappa shape index (κ3) is 4.87. The molecule has 0 aromatic carbocycles. The lowest BCUT2D eigenvalue weighted by molar-refractivity contribution is 0.0984. The number of nitrogens with one attached hydrogen (secondary N) is 1. The fourth-order valence-electron chi connectivity index (χ4n) is 3.00. The van der Waals surface area contributed by atoms with Gasteiger partial charge in [-0.25, -0.2) is 0 Å². The van der Waals surface area contributed by atoms with Gasteiger partial charge in [0, 0.05) is 25.1 Å². The number of hydrogen-bond acceptors (Lipinski definition) is 3. The van der Waals surface area contributed by atoms with E-state index in [1.165, 1.54) is 25.7 Å². The molecule has 0 heterocycles. The van der Waals surface area contributed by atoms with Gasteiger partial charge in [0.15, 0.2) is 0 Å². The lowest BCUT2D eigenvalue weighted by Gasteiger charge is -2.30. The predicted octanol–water partition coefficient (Wildman–Crippen LogP) is 2.32. The molecule has 1 unspecified atom stereocenters. The maximum Gasteiger partial charge on any atom is 0.0667 e. The van der Waals surface area contributed by atoms with E-state index in [0.29, 0.717) is 6.54 Å². The van der Waals surface area contributed by atoms with Crippen LogP contribution < -0.4 is 5.32 Å². The summed E-state index contributed by atoms with van der Waals surface area (Å²) in [6.07, 6.45) is 7.93. The van der Waals surface area contributed by atoms with Crippen LogP contribution in [0.1, 0.15) is 58.8 Å². The van der Waals surface area contributed by atoms with Crippen LogP contribution >= 0.6 is 0 Å². The molecule has 18 heavy (non-hydrogen) atoms. The van der Waals surface area contributed by atoms with Crippen molar-refractivity contribution in [3.05, 3.63) is 0 Å². The summed E-state index contributed by atoms with van der Waals surface area (Å²) < 4.78 is 0. The minimum atomic E-state index is -0.224. The molecule has 108 valence electrons. The van der Waals surface area contributed by atoms with E-state index in [-0.39, 0.29) is 18.1 Å². The first-order valence-electron chi connectivity index (χ1n) is 7.65. The highest BCUT2D eigenvalue weighted by atomic mass is 16.3. The summed E-state index contributed by atoms with van der Waals surface area (Å²) in [4.78, 5) is 0. The topological polar surface area (TPSA) is 52.5 Å². The zero-order chi connectivity index (χ0) is 13.4. The molecule has 0 saturated heterocycles. The third-order valence-corrected chi connectivity index (χ3v) is 4.80. The molecule has 1 fully saturated rings. The van der Waals surface area contributed by atoms with Crippen LogP contribution in [0.5, 0.6) is 0 Å². The van der Waals surface area contributed by atoms with Gasteiger partial charge < -0.3 is 15.5 Å². The Bertz CT molecular complexity index is 202. The first-order valence-corrected chi connectivity index (χ1v) is 7.65. The summed E-state index contributed by atoms with van der Waals surface area (Å²) in [6, 6.07) is 0. The molecule has 0 aromatic rings. The molecule has 1 saturated carbocycles. The molecule has 0 amide bonds. The summed E-state index contributed by atoms with van der Waals surface area (Å²) >= 11 is 0. The Kier molecular flexibility index (Phi) is 7.20. The van der Waals surface area contributed by atoms with Crippen molar-refractivity contribution in [2.45, 2.75) is 64.9 Å². The lowest BCUT2D eigenvalue weighted by Crippen LogP contribution is -2.39. The molecule has 0 aliphatic heterocycles. The smallest absolute Gasteiger partial charge is 0.0667 e. The van der Waals surface area contributed by atoms with Gasteiger partial charge in [-0.15, -0.1) is 0 Å². The van der Waals surface area contributed by atoms with Gasteiger partial charge in [-0.2, -0.15) is 0 Å². The molecule has 0 spiro atoms. The molecule has 0 radical (unpaired) electrons. The van der Waals surface area contributed by atoms with E-state index in [9.17, 15) is 10.2 Å². The van der Waals surface area contributed by atoms with Crippen molar-refractivity contribution in [1.29, 1.82) is 0 Å². The van der Waals surface area contributed by atoms with Gasteiger partial charge in [0.2, 0.25) is 0 Å². The molecular weight excluding hydrogens is 226 g/mol. The number of rotatable bonds is 9. The van der Waals surface area contributed by atoms with Crippen LogP contribution in [0.15, 0.2) is 0 Å². The molecule has 3 N–H and O–H groups in total. The maximum atomic E-state index is 10.00. The second-order valence-corrected chi connectivity index (χ2v) is 6.04. The number of aliphatic hydroxyl groups is 2. The molecular formula is C15H31NO2. The summed E-state index contributed by atoms with van der Waals surface area (Å²) in [7, 11) is 0. The Morgan fingerprint density at radius 3 is 2.33 bits per heavy atom. The van der Waals surface area contributed by atoms with Crippen molar-refractivity contribution in [1.82, 2.24) is 5.32 Å². The fraction of sp³-hybridized carbons (Fsp3) is 1.00. The van der Waals surface area contributed by atoms with Gasteiger partial charge in [-0.3, -0.25) is 0 Å². The normalized spacial score (nSPS) is 19.3. The second kappa shape index (κ2) is 8.13. The van der Waals surface area contributed by atoms with Crippen LogP contribution in [0.25, 0.3) is 0 Å². The van der Waals surface area contributed by atoms with E-state index >= 15 is 0 Å². The lowest BCUT2D eigenvalue weighted by atomic mass is 9.83. The summed E-state index contributed by atoms with van der Waals surface area (Å²) in [5.74, 6) is 0.738. The van der Waals surface area contributed by atoms with Crippen LogP contribution in [-0.4, -0.2) is 36.0 Å². The molecule has 1 atom stereocenters. The first kappa shape index (κ1) is 15.9. The summed E-state index contributed by atoms with van der Waals surface area (Å²) in [6.45, 7) is 5.94. The SMILES string of the molecule is CCC(CC)(CO)CNCC(O)CC1CCCC1. The van der Waals surface area contributed by atoms with Gasteiger partial charge >= 0.3 is 0 Å². The van der Waals surface area contributed by atoms with Crippen molar-refractivity contribution in [3.8, 4) is 0 Å². The van der Waals surface area contributed by atoms with Crippen LogP contribution in [0.3, 0.4) is 0 Å². The Morgan fingerprint density at radius 1 is 1.22 bits per heavy atom. The fourth-order valence-corrected chi connectivity index (χ4v) is 3.00. The second-order valence-electron chi connectivity index (χ2n) is 6.04. The van der Waals surface area contributed by atoms with Gasteiger partial charge in [-0.1, -0.05) is 39.5 Å². The summed E-state index contributed by atoms with van der Waals surface area (Å²) in [5, 5.41) is 22.8. The van der Waals surface area contributed by atoms with Crippen molar-refractivity contribution in [2.75, 3.05) is 19.7 Å². The predicted molar refractivity (Wildman–Crippen MR) is 75.6 cm³/mol. The molecule has 3 heteroatoms. The van der Waals surface area contributed by atoms with Crippen molar-refractivity contribution in [3.63, 3.8) is 0 Å². The van der Waals surface area contributed by atoms with Gasteiger partial charge in [-0.05, 0) is 25.2 Å². The molecule has 1 rings (SSSR count). The van der Waals surface area contributed by atoms with Gasteiger partial charge in [0.05, 0.1) is 6.10 Å². The van der Waals surface area contributed by atoms with Crippen LogP contribution in [0.2, 0.25) is 0 Å². The third-order valence-electron chi connectivity index (χ3n) is 4.80. The molecule has 1 aliphatic rings. The van der Waals surface area contributed by atoms with Crippen molar-refractivity contribution in [2.24, 2.45) is 11.3 Å². The zero-order valence-corrected chi connectivity index (χ0v) is 12.1. The number of aliphatic hydroxyl groups excluding tert-OH is 2. The Morgan fingerprint density at radius 2 is 1.83 bits per heavy atom. The van der Waals surface area contributed by atoms with Gasteiger partial charge in [0.25, 0.3) is 0 Å². The maximum absolute atomic E-state index is 10.00. The van der Waals surface area contributed by atoms with E-state index in [1.807, 2.05) is 0 Å². The average molecular weight is 257 g/mol. The van der Waals surface area contributed by atoms with Crippen molar-refractivity contribution >= 4 is 0 Å². The molecule has 0 bridgehead atoms. The van der Waals surface area contributed by atoms with E-state index in [0.717, 1.165) is 31.7 Å². The first-order chi connectivity index (χ1) is 8.65. The standard InChI is InChI=1S/C15H31NO2/c1-3-15(4-2,12-17)11-16-10-14(18)9-13-7-5-6-8-13/h13-14,16-18H,3-12H2,1-2H3. The van der Waals surface area contributed by atoms with Crippen LogP contribution in [0.4, 0.5) is 0 Å². The van der Waals surface area contributed by atoms with Crippen LogP contribution in [0, 0.1) is 11.3 Å². The Balaban J connectivity index is 2.18. The van der Waals surface area contributed by atoms with E-state index in [1.54, 1.807) is 0 Å². The monoisotopic (exact) mass is 257 g/mol. The minimum Gasteiger partial charge on any atom is -0.396 e. The Hall–Kier alpha value is -0.120. The molecule has 1 aliphatic carbocycles. The molecule has 3 nitrogen and oxygen atoms in total. The highest BCUT2D eigenvalue weighted by Crippen LogP contribution is 2.28. The largest absolute Gasteiger partial charge is 0.396 e. The highest BCUT2D eigenvalue weighted by Gasteiger charge is 2.25. The minimum absolute atomic E-state index is 0.00687. The van der Waals surface area contributed by atoms with E-state index in [2.05, 4.69) is 19.2 Å². The van der Waals surface area contributed by atoms with Crippen molar-refractivity contribution < 1.29 is 10.2 Å². The van der Waals surface area contributed by atoms with E-state index < -0.39 is 0 Å². The van der Waals surface area contributed by atoms with Crippen LogP contribution in [-0.2, 0) is 0 Å². The van der Waals surface area contributed by atoms with Gasteiger partial charge in [0.1, 0.15) is 0 Å². The molecule has 0 aromatic heterocycles. The quantitative estimate of drug-likeness (QED) is 0.594.